The van der Waals surface area contributed by atoms with Crippen molar-refractivity contribution in [3.05, 3.63) is 60.4 Å². The number of rotatable bonds is 3. The predicted octanol–water partition coefficient (Wildman–Crippen LogP) is 4.46. The van der Waals surface area contributed by atoms with Crippen LogP contribution >= 0.6 is 49.9 Å². The minimum atomic E-state index is 0.820. The van der Waals surface area contributed by atoms with Crippen molar-refractivity contribution in [2.45, 2.75) is 6.92 Å². The van der Waals surface area contributed by atoms with Gasteiger partial charge in [0.05, 0.1) is 9.88 Å². The molecule has 1 heterocycles. The number of aromatic nitrogens is 1. The van der Waals surface area contributed by atoms with E-state index in [2.05, 4.69) is 74.3 Å². The molecule has 102 valence electrons. The van der Waals surface area contributed by atoms with Crippen molar-refractivity contribution in [1.82, 2.24) is 4.98 Å². The van der Waals surface area contributed by atoms with Gasteiger partial charge in [0.1, 0.15) is 5.01 Å². The minimum Gasteiger partial charge on any atom is -0.237 e. The third-order valence-electron chi connectivity index (χ3n) is 2.54. The second-order valence-electron chi connectivity index (χ2n) is 4.06. The largest absolute Gasteiger partial charge is 0.237 e. The number of halogens is 2. The third kappa shape index (κ3) is 4.14. The van der Waals surface area contributed by atoms with Crippen molar-refractivity contribution in [2.75, 3.05) is 0 Å². The van der Waals surface area contributed by atoms with E-state index in [9.17, 15) is 0 Å². The molecule has 2 rings (SSSR count). The van der Waals surface area contributed by atoms with Crippen LogP contribution in [0.5, 0.6) is 0 Å². The zero-order chi connectivity index (χ0) is 14.5. The van der Waals surface area contributed by atoms with Gasteiger partial charge in [-0.2, -0.15) is 0 Å². The molecule has 0 aliphatic carbocycles. The molecule has 0 N–H and O–H groups in total. The van der Waals surface area contributed by atoms with E-state index in [4.69, 9.17) is 0 Å². The fourth-order valence-corrected chi connectivity index (χ4v) is 3.25. The fraction of sp³-hybridized carbons (Fsp3) is 0.0625. The Morgan fingerprint density at radius 2 is 2.05 bits per heavy atom. The molecule has 1 nitrogen and oxygen atoms in total. The number of hydrogen-bond donors (Lipinski definition) is 0. The monoisotopic (exact) mass is 457 g/mol. The van der Waals surface area contributed by atoms with E-state index in [1.54, 1.807) is 11.3 Å². The third-order valence-corrected chi connectivity index (χ3v) is 4.90. The highest BCUT2D eigenvalue weighted by atomic mass is 127. The van der Waals surface area contributed by atoms with E-state index in [0.717, 1.165) is 24.9 Å². The van der Waals surface area contributed by atoms with Gasteiger partial charge in [-0.05, 0) is 53.8 Å². The Hall–Kier alpha value is -0.720. The summed E-state index contributed by atoms with van der Waals surface area (Å²) in [4.78, 5) is 4.55. The maximum atomic E-state index is 4.55. The zero-order valence-electron chi connectivity index (χ0n) is 10.9. The van der Waals surface area contributed by atoms with Crippen LogP contribution < -0.4 is 9.88 Å². The summed E-state index contributed by atoms with van der Waals surface area (Å²) in [5.74, 6) is 0. The summed E-state index contributed by atoms with van der Waals surface area (Å²) >= 11 is 7.44. The van der Waals surface area contributed by atoms with Gasteiger partial charge in [-0.3, -0.25) is 0 Å². The van der Waals surface area contributed by atoms with Gasteiger partial charge in [-0.25, -0.2) is 4.98 Å². The van der Waals surface area contributed by atoms with Crippen molar-refractivity contribution in [2.24, 2.45) is 0 Å². The quantitative estimate of drug-likeness (QED) is 0.489. The van der Waals surface area contributed by atoms with Crippen LogP contribution in [0.1, 0.15) is 6.92 Å². The average Bonchev–Trinajstić information content (AvgIpc) is 2.79. The molecule has 1 aromatic carbocycles. The van der Waals surface area contributed by atoms with Crippen molar-refractivity contribution in [1.29, 1.82) is 0 Å². The lowest BCUT2D eigenvalue weighted by Crippen LogP contribution is -2.17. The first-order valence-electron chi connectivity index (χ1n) is 6.02. The molecular formula is C16H13BrINS. The molecule has 0 unspecified atom stereocenters. The smallest absolute Gasteiger partial charge is 0.124 e. The number of benzene rings is 1. The topological polar surface area (TPSA) is 12.9 Å². The number of hydrogen-bond acceptors (Lipinski definition) is 2. The van der Waals surface area contributed by atoms with E-state index in [1.807, 2.05) is 31.2 Å². The molecule has 0 saturated heterocycles. The lowest BCUT2D eigenvalue weighted by molar-refractivity contribution is 1.32. The van der Waals surface area contributed by atoms with Crippen molar-refractivity contribution in [3.8, 4) is 10.6 Å². The van der Waals surface area contributed by atoms with Gasteiger partial charge in [-0.15, -0.1) is 11.3 Å². The van der Waals surface area contributed by atoms with Gasteiger partial charge in [0.2, 0.25) is 0 Å². The standard InChI is InChI=1S/C16H13BrINS/c1-3-4-13(17)7-10-15-11(2)19-16(20-15)12-5-8-14(18)9-6-12/h3-10H,2H2,1H3/b4-3-,13-7+,15-10+. The molecule has 0 saturated carbocycles. The Balaban J connectivity index is 2.40. The average molecular weight is 458 g/mol. The van der Waals surface area contributed by atoms with Gasteiger partial charge in [0.15, 0.2) is 0 Å². The van der Waals surface area contributed by atoms with Crippen molar-refractivity contribution >= 4 is 62.5 Å². The van der Waals surface area contributed by atoms with E-state index in [1.165, 1.54) is 3.57 Å². The highest BCUT2D eigenvalue weighted by Gasteiger charge is 2.02. The van der Waals surface area contributed by atoms with E-state index < -0.39 is 0 Å². The van der Waals surface area contributed by atoms with Gasteiger partial charge in [0, 0.05) is 13.6 Å². The number of thiazole rings is 1. The first-order chi connectivity index (χ1) is 9.60. The van der Waals surface area contributed by atoms with Crippen molar-refractivity contribution < 1.29 is 0 Å². The van der Waals surface area contributed by atoms with Crippen LogP contribution in [0.2, 0.25) is 0 Å². The zero-order valence-corrected chi connectivity index (χ0v) is 15.5. The molecule has 0 aliphatic heterocycles. The van der Waals surface area contributed by atoms with E-state index >= 15 is 0 Å². The first-order valence-corrected chi connectivity index (χ1v) is 8.71. The lowest BCUT2D eigenvalue weighted by atomic mass is 10.2. The Morgan fingerprint density at radius 3 is 2.70 bits per heavy atom. The van der Waals surface area contributed by atoms with Gasteiger partial charge < -0.3 is 0 Å². The molecule has 0 spiro atoms. The summed E-state index contributed by atoms with van der Waals surface area (Å²) in [6.45, 7) is 6.00. The van der Waals surface area contributed by atoms with Crippen LogP contribution in [0, 0.1) is 3.57 Å². The Kier molecular flexibility index (Phi) is 5.74. The van der Waals surface area contributed by atoms with Crippen LogP contribution in [-0.2, 0) is 0 Å². The second-order valence-corrected chi connectivity index (χ2v) is 7.25. The predicted molar refractivity (Wildman–Crippen MR) is 101 cm³/mol. The molecule has 0 amide bonds. The van der Waals surface area contributed by atoms with Gasteiger partial charge in [0.25, 0.3) is 0 Å². The Bertz CT molecular complexity index is 757. The molecule has 1 aromatic heterocycles. The van der Waals surface area contributed by atoms with Gasteiger partial charge >= 0.3 is 0 Å². The minimum absolute atomic E-state index is 0.820. The second kappa shape index (κ2) is 7.33. The summed E-state index contributed by atoms with van der Waals surface area (Å²) in [5.41, 5.74) is 1.14. The molecule has 0 bridgehead atoms. The molecular weight excluding hydrogens is 445 g/mol. The Labute approximate surface area is 144 Å². The van der Waals surface area contributed by atoms with Crippen LogP contribution in [0.25, 0.3) is 23.2 Å². The number of allylic oxidation sites excluding steroid dienone is 4. The van der Waals surface area contributed by atoms with Crippen LogP contribution in [-0.4, -0.2) is 4.98 Å². The first kappa shape index (κ1) is 15.7. The molecule has 0 aliphatic rings. The SMILES string of the molecule is C=c1nc(-c2ccc(I)cc2)s/c1=C/C=C(Br)\C=C/C. The van der Waals surface area contributed by atoms with E-state index in [0.29, 0.717) is 0 Å². The molecule has 0 atom stereocenters. The van der Waals surface area contributed by atoms with E-state index in [-0.39, 0.29) is 0 Å². The molecule has 0 radical (unpaired) electrons. The summed E-state index contributed by atoms with van der Waals surface area (Å²) in [6.07, 6.45) is 8.05. The molecule has 0 fully saturated rings. The fourth-order valence-electron chi connectivity index (χ4n) is 1.58. The summed E-state index contributed by atoms with van der Waals surface area (Å²) in [6, 6.07) is 8.36. The van der Waals surface area contributed by atoms with Gasteiger partial charge in [-0.1, -0.05) is 46.8 Å². The molecule has 20 heavy (non-hydrogen) atoms. The maximum absolute atomic E-state index is 4.55. The van der Waals surface area contributed by atoms with Crippen LogP contribution in [0.4, 0.5) is 0 Å². The Morgan fingerprint density at radius 1 is 1.35 bits per heavy atom. The van der Waals surface area contributed by atoms with Crippen molar-refractivity contribution in [3.63, 3.8) is 0 Å². The van der Waals surface area contributed by atoms with Crippen LogP contribution in [0.3, 0.4) is 0 Å². The summed E-state index contributed by atoms with van der Waals surface area (Å²) < 4.78 is 3.34. The number of nitrogens with zero attached hydrogens (tertiary/aromatic N) is 1. The molecule has 2 aromatic rings. The molecule has 4 heteroatoms. The summed E-state index contributed by atoms with van der Waals surface area (Å²) in [7, 11) is 0. The summed E-state index contributed by atoms with van der Waals surface area (Å²) in [5, 5.41) is 1.83. The lowest BCUT2D eigenvalue weighted by Gasteiger charge is -1.94. The normalized spacial score (nSPS) is 13.3. The van der Waals surface area contributed by atoms with Crippen LogP contribution in [0.15, 0.2) is 47.0 Å². The maximum Gasteiger partial charge on any atom is 0.124 e. The highest BCUT2D eigenvalue weighted by molar-refractivity contribution is 14.1. The highest BCUT2D eigenvalue weighted by Crippen LogP contribution is 2.19.